The molecule has 2 N–H and O–H groups in total. The van der Waals surface area contributed by atoms with Gasteiger partial charge in [0, 0.05) is 43.2 Å². The van der Waals surface area contributed by atoms with Gasteiger partial charge in [0.1, 0.15) is 5.75 Å². The second-order valence-electron chi connectivity index (χ2n) is 7.76. The summed E-state index contributed by atoms with van der Waals surface area (Å²) in [4.78, 5) is 34.6. The zero-order valence-electron chi connectivity index (χ0n) is 18.3. The number of fused-ring (bicyclic) bond motifs is 1. The molecule has 3 aromatic rings. The van der Waals surface area contributed by atoms with Crippen LogP contribution in [0.25, 0.3) is 0 Å². The number of hydrogen-bond acceptors (Lipinski definition) is 6. The molecule has 0 atom stereocenters. The van der Waals surface area contributed by atoms with Crippen molar-refractivity contribution < 1.29 is 9.53 Å². The third kappa shape index (κ3) is 6.16. The van der Waals surface area contributed by atoms with Crippen molar-refractivity contribution >= 4 is 29.3 Å². The number of thioether (sulfide) groups is 1. The van der Waals surface area contributed by atoms with E-state index in [1.165, 1.54) is 11.8 Å². The number of para-hydroxylation sites is 1. The Morgan fingerprint density at radius 1 is 1.24 bits per heavy atom. The first-order valence-electron chi connectivity index (χ1n) is 10.6. The van der Waals surface area contributed by atoms with Crippen molar-refractivity contribution in [3.05, 3.63) is 86.3 Å². The molecule has 0 bridgehead atoms. The SMILES string of the molecule is COc1ccccc1CN1CCc2nc(SCC(=O)NCc3ccc(Cl)cc3)[nH]c(=O)c2C1. The lowest BCUT2D eigenvalue weighted by Crippen LogP contribution is -2.35. The Morgan fingerprint density at radius 2 is 2.03 bits per heavy atom. The number of halogens is 1. The summed E-state index contributed by atoms with van der Waals surface area (Å²) in [6.07, 6.45) is 0.685. The predicted molar refractivity (Wildman–Crippen MR) is 130 cm³/mol. The van der Waals surface area contributed by atoms with Crippen LogP contribution in [0, 0.1) is 0 Å². The summed E-state index contributed by atoms with van der Waals surface area (Å²) < 4.78 is 5.44. The maximum Gasteiger partial charge on any atom is 0.256 e. The standard InChI is InChI=1S/C24H25ClN4O3S/c1-32-21-5-3-2-4-17(21)13-29-11-10-20-19(14-29)23(31)28-24(27-20)33-15-22(30)26-12-16-6-8-18(25)9-7-16/h2-9H,10-15H2,1H3,(H,26,30)(H,27,28,31). The van der Waals surface area contributed by atoms with Crippen LogP contribution in [0.2, 0.25) is 5.02 Å². The van der Waals surface area contributed by atoms with Crippen LogP contribution in [0.4, 0.5) is 0 Å². The molecule has 33 heavy (non-hydrogen) atoms. The number of carbonyl (C=O) groups is 1. The van der Waals surface area contributed by atoms with E-state index in [-0.39, 0.29) is 17.2 Å². The fourth-order valence-electron chi connectivity index (χ4n) is 3.72. The minimum Gasteiger partial charge on any atom is -0.496 e. The van der Waals surface area contributed by atoms with Crippen molar-refractivity contribution in [3.8, 4) is 5.75 Å². The fourth-order valence-corrected chi connectivity index (χ4v) is 4.56. The molecule has 0 aliphatic carbocycles. The average Bonchev–Trinajstić information content (AvgIpc) is 2.83. The highest BCUT2D eigenvalue weighted by Gasteiger charge is 2.22. The summed E-state index contributed by atoms with van der Waals surface area (Å²) in [5.41, 5.74) is 3.40. The van der Waals surface area contributed by atoms with Crippen LogP contribution >= 0.6 is 23.4 Å². The predicted octanol–water partition coefficient (Wildman–Crippen LogP) is 3.40. The number of amides is 1. The van der Waals surface area contributed by atoms with Gasteiger partial charge < -0.3 is 15.0 Å². The summed E-state index contributed by atoms with van der Waals surface area (Å²) in [6, 6.07) is 15.2. The number of hydrogen-bond donors (Lipinski definition) is 2. The van der Waals surface area contributed by atoms with Gasteiger partial charge in [0.2, 0.25) is 5.91 Å². The summed E-state index contributed by atoms with van der Waals surface area (Å²) in [7, 11) is 1.66. The summed E-state index contributed by atoms with van der Waals surface area (Å²) in [5, 5.41) is 3.99. The van der Waals surface area contributed by atoms with Gasteiger partial charge >= 0.3 is 0 Å². The number of benzene rings is 2. The number of ether oxygens (including phenoxy) is 1. The Labute approximate surface area is 201 Å². The first kappa shape index (κ1) is 23.4. The number of methoxy groups -OCH3 is 1. The van der Waals surface area contributed by atoms with Crippen LogP contribution in [-0.4, -0.2) is 40.2 Å². The van der Waals surface area contributed by atoms with Crippen LogP contribution < -0.4 is 15.6 Å². The van der Waals surface area contributed by atoms with Gasteiger partial charge in [0.25, 0.3) is 5.56 Å². The molecule has 9 heteroatoms. The molecular formula is C24H25ClN4O3S. The molecule has 1 aliphatic rings. The van der Waals surface area contributed by atoms with Crippen LogP contribution in [-0.2, 0) is 30.8 Å². The Hall–Kier alpha value is -2.81. The van der Waals surface area contributed by atoms with E-state index in [9.17, 15) is 9.59 Å². The van der Waals surface area contributed by atoms with Gasteiger partial charge in [0.15, 0.2) is 5.16 Å². The molecule has 1 amide bonds. The van der Waals surface area contributed by atoms with Gasteiger partial charge in [-0.2, -0.15) is 0 Å². The van der Waals surface area contributed by atoms with E-state index in [4.69, 9.17) is 16.3 Å². The lowest BCUT2D eigenvalue weighted by atomic mass is 10.1. The van der Waals surface area contributed by atoms with Gasteiger partial charge in [-0.3, -0.25) is 14.5 Å². The number of nitrogens with one attached hydrogen (secondary N) is 2. The molecule has 0 saturated carbocycles. The van der Waals surface area contributed by atoms with Crippen molar-refractivity contribution in [2.45, 2.75) is 31.2 Å². The van der Waals surface area contributed by atoms with E-state index in [0.717, 1.165) is 29.1 Å². The summed E-state index contributed by atoms with van der Waals surface area (Å²) in [6.45, 7) is 2.45. The fraction of sp³-hybridized carbons (Fsp3) is 0.292. The molecule has 2 aromatic carbocycles. The molecule has 0 saturated heterocycles. The molecular weight excluding hydrogens is 460 g/mol. The Balaban J connectivity index is 1.33. The molecule has 1 aliphatic heterocycles. The van der Waals surface area contributed by atoms with Crippen LogP contribution in [0.15, 0.2) is 58.5 Å². The minimum atomic E-state index is -0.145. The lowest BCUT2D eigenvalue weighted by molar-refractivity contribution is -0.118. The van der Waals surface area contributed by atoms with Crippen molar-refractivity contribution in [3.63, 3.8) is 0 Å². The number of nitrogens with zero attached hydrogens (tertiary/aromatic N) is 2. The molecule has 7 nitrogen and oxygen atoms in total. The maximum absolute atomic E-state index is 12.7. The van der Waals surface area contributed by atoms with E-state index < -0.39 is 0 Å². The van der Waals surface area contributed by atoms with Gasteiger partial charge in [-0.25, -0.2) is 4.98 Å². The van der Waals surface area contributed by atoms with Crippen LogP contribution in [0.1, 0.15) is 22.4 Å². The molecule has 0 unspecified atom stereocenters. The molecule has 1 aromatic heterocycles. The topological polar surface area (TPSA) is 87.3 Å². The monoisotopic (exact) mass is 484 g/mol. The van der Waals surface area contributed by atoms with E-state index in [1.54, 1.807) is 19.2 Å². The van der Waals surface area contributed by atoms with Crippen LogP contribution in [0.3, 0.4) is 0 Å². The molecule has 4 rings (SSSR count). The normalized spacial score (nSPS) is 13.4. The van der Waals surface area contributed by atoms with E-state index >= 15 is 0 Å². The average molecular weight is 485 g/mol. The van der Waals surface area contributed by atoms with Crippen molar-refractivity contribution in [2.24, 2.45) is 0 Å². The molecule has 0 radical (unpaired) electrons. The lowest BCUT2D eigenvalue weighted by Gasteiger charge is -2.28. The third-order valence-corrected chi connectivity index (χ3v) is 6.58. The molecule has 0 fully saturated rings. The summed E-state index contributed by atoms with van der Waals surface area (Å²) >= 11 is 7.11. The van der Waals surface area contributed by atoms with E-state index in [0.29, 0.717) is 41.8 Å². The van der Waals surface area contributed by atoms with Gasteiger partial charge in [-0.05, 0) is 23.8 Å². The van der Waals surface area contributed by atoms with Crippen molar-refractivity contribution in [1.82, 2.24) is 20.2 Å². The molecule has 172 valence electrons. The number of carbonyl (C=O) groups excluding carboxylic acids is 1. The third-order valence-electron chi connectivity index (χ3n) is 5.46. The summed E-state index contributed by atoms with van der Waals surface area (Å²) in [5.74, 6) is 0.893. The van der Waals surface area contributed by atoms with Gasteiger partial charge in [-0.1, -0.05) is 53.7 Å². The number of rotatable bonds is 8. The zero-order valence-corrected chi connectivity index (χ0v) is 19.8. The Kier molecular flexibility index (Phi) is 7.69. The Bertz CT molecular complexity index is 1180. The van der Waals surface area contributed by atoms with Gasteiger partial charge in [-0.15, -0.1) is 0 Å². The highest BCUT2D eigenvalue weighted by molar-refractivity contribution is 7.99. The molecule has 2 heterocycles. The largest absolute Gasteiger partial charge is 0.496 e. The van der Waals surface area contributed by atoms with E-state index in [1.807, 2.05) is 36.4 Å². The van der Waals surface area contributed by atoms with E-state index in [2.05, 4.69) is 20.2 Å². The second kappa shape index (κ2) is 10.9. The van der Waals surface area contributed by atoms with Gasteiger partial charge in [0.05, 0.1) is 24.1 Å². The quantitative estimate of drug-likeness (QED) is 0.376. The first-order chi connectivity index (χ1) is 16.0. The van der Waals surface area contributed by atoms with Crippen LogP contribution in [0.5, 0.6) is 5.75 Å². The first-order valence-corrected chi connectivity index (χ1v) is 12.0. The van der Waals surface area contributed by atoms with Crippen molar-refractivity contribution in [1.29, 1.82) is 0 Å². The number of aromatic amines is 1. The highest BCUT2D eigenvalue weighted by Crippen LogP contribution is 2.23. The maximum atomic E-state index is 12.7. The molecule has 0 spiro atoms. The number of aromatic nitrogens is 2. The Morgan fingerprint density at radius 3 is 2.82 bits per heavy atom. The van der Waals surface area contributed by atoms with Crippen molar-refractivity contribution in [2.75, 3.05) is 19.4 Å². The second-order valence-corrected chi connectivity index (χ2v) is 9.16. The zero-order chi connectivity index (χ0) is 23.2. The highest BCUT2D eigenvalue weighted by atomic mass is 35.5. The number of H-pyrrole nitrogens is 1. The minimum absolute atomic E-state index is 0.127. The smallest absolute Gasteiger partial charge is 0.256 e.